The molecule has 1 aromatic carbocycles. The van der Waals surface area contributed by atoms with Crippen LogP contribution in [0.4, 0.5) is 0 Å². The zero-order chi connectivity index (χ0) is 14.1. The molecule has 0 spiro atoms. The van der Waals surface area contributed by atoms with Crippen LogP contribution in [0.15, 0.2) is 24.3 Å². The maximum absolute atomic E-state index is 11.5. The molecule has 0 unspecified atom stereocenters. The Morgan fingerprint density at radius 1 is 1.26 bits per heavy atom. The van der Waals surface area contributed by atoms with Gasteiger partial charge in [0, 0.05) is 30.8 Å². The lowest BCUT2D eigenvalue weighted by Crippen LogP contribution is -2.34. The monoisotopic (exact) mass is 300 g/mol. The molecule has 19 heavy (non-hydrogen) atoms. The number of nitrogens with one attached hydrogen (secondary N) is 2. The second-order valence-corrected chi connectivity index (χ2v) is 5.38. The molecule has 1 rings (SSSR count). The van der Waals surface area contributed by atoms with Gasteiger partial charge in [-0.3, -0.25) is 9.59 Å². The molecule has 0 fully saturated rings. The molecule has 0 radical (unpaired) electrons. The summed E-state index contributed by atoms with van der Waals surface area (Å²) >= 11 is 7.40. The molecular weight excluding hydrogens is 284 g/mol. The van der Waals surface area contributed by atoms with Crippen molar-refractivity contribution < 1.29 is 9.59 Å². The zero-order valence-electron chi connectivity index (χ0n) is 10.7. The predicted molar refractivity (Wildman–Crippen MR) is 79.3 cm³/mol. The SMILES string of the molecule is CC(=O)NCCNC(=O)CSCc1cccc(Cl)c1. The van der Waals surface area contributed by atoms with Crippen LogP contribution in [0, 0.1) is 0 Å². The Hall–Kier alpha value is -1.20. The van der Waals surface area contributed by atoms with E-state index in [1.807, 2.05) is 24.3 Å². The minimum absolute atomic E-state index is 0.0302. The van der Waals surface area contributed by atoms with Crippen LogP contribution in [0.5, 0.6) is 0 Å². The summed E-state index contributed by atoms with van der Waals surface area (Å²) in [4.78, 5) is 22.1. The van der Waals surface area contributed by atoms with Gasteiger partial charge < -0.3 is 10.6 Å². The lowest BCUT2D eigenvalue weighted by molar-refractivity contribution is -0.120. The fraction of sp³-hybridized carbons (Fsp3) is 0.385. The Morgan fingerprint density at radius 2 is 2.00 bits per heavy atom. The molecule has 104 valence electrons. The summed E-state index contributed by atoms with van der Waals surface area (Å²) in [5, 5.41) is 6.06. The maximum Gasteiger partial charge on any atom is 0.230 e. The van der Waals surface area contributed by atoms with Gasteiger partial charge in [0.2, 0.25) is 11.8 Å². The molecule has 0 aliphatic rings. The maximum atomic E-state index is 11.5. The van der Waals surface area contributed by atoms with Crippen LogP contribution in [0.3, 0.4) is 0 Å². The first-order valence-corrected chi connectivity index (χ1v) is 7.44. The van der Waals surface area contributed by atoms with Crippen molar-refractivity contribution in [3.63, 3.8) is 0 Å². The van der Waals surface area contributed by atoms with Gasteiger partial charge in [-0.1, -0.05) is 23.7 Å². The molecule has 0 heterocycles. The smallest absolute Gasteiger partial charge is 0.230 e. The van der Waals surface area contributed by atoms with Gasteiger partial charge in [-0.05, 0) is 17.7 Å². The minimum Gasteiger partial charge on any atom is -0.355 e. The molecule has 0 atom stereocenters. The molecule has 1 aromatic rings. The molecule has 0 bridgehead atoms. The van der Waals surface area contributed by atoms with E-state index in [1.54, 1.807) is 0 Å². The molecule has 0 aliphatic carbocycles. The average Bonchev–Trinajstić information content (AvgIpc) is 2.34. The second kappa shape index (κ2) is 8.82. The van der Waals surface area contributed by atoms with Gasteiger partial charge in [0.15, 0.2) is 0 Å². The number of thioether (sulfide) groups is 1. The molecular formula is C13H17ClN2O2S. The zero-order valence-corrected chi connectivity index (χ0v) is 12.3. The first kappa shape index (κ1) is 15.9. The molecule has 2 amide bonds. The van der Waals surface area contributed by atoms with Gasteiger partial charge in [0.25, 0.3) is 0 Å². The summed E-state index contributed by atoms with van der Waals surface area (Å²) in [6, 6.07) is 7.59. The van der Waals surface area contributed by atoms with Crippen molar-refractivity contribution in [1.82, 2.24) is 10.6 Å². The summed E-state index contributed by atoms with van der Waals surface area (Å²) in [6.07, 6.45) is 0. The number of hydrogen-bond donors (Lipinski definition) is 2. The van der Waals surface area contributed by atoms with Crippen molar-refractivity contribution in [2.24, 2.45) is 0 Å². The van der Waals surface area contributed by atoms with Gasteiger partial charge in [-0.2, -0.15) is 0 Å². The quantitative estimate of drug-likeness (QED) is 0.755. The van der Waals surface area contributed by atoms with E-state index in [1.165, 1.54) is 18.7 Å². The van der Waals surface area contributed by atoms with Crippen molar-refractivity contribution in [3.05, 3.63) is 34.9 Å². The summed E-state index contributed by atoms with van der Waals surface area (Å²) in [5.41, 5.74) is 1.10. The topological polar surface area (TPSA) is 58.2 Å². The van der Waals surface area contributed by atoms with Gasteiger partial charge in [0.05, 0.1) is 5.75 Å². The summed E-state index contributed by atoms with van der Waals surface area (Å²) < 4.78 is 0. The Morgan fingerprint density at radius 3 is 2.68 bits per heavy atom. The van der Waals surface area contributed by atoms with Crippen molar-refractivity contribution in [3.8, 4) is 0 Å². The molecule has 0 saturated carbocycles. The highest BCUT2D eigenvalue weighted by atomic mass is 35.5. The van der Waals surface area contributed by atoms with Gasteiger partial charge in [-0.15, -0.1) is 11.8 Å². The highest BCUT2D eigenvalue weighted by Gasteiger charge is 2.02. The molecule has 2 N–H and O–H groups in total. The second-order valence-electron chi connectivity index (χ2n) is 3.96. The third-order valence-corrected chi connectivity index (χ3v) is 3.45. The van der Waals surface area contributed by atoms with Crippen molar-refractivity contribution in [1.29, 1.82) is 0 Å². The standard InChI is InChI=1S/C13H17ClN2O2S/c1-10(17)15-5-6-16-13(18)9-19-8-11-3-2-4-12(14)7-11/h2-4,7H,5-6,8-9H2,1H3,(H,15,17)(H,16,18). The van der Waals surface area contributed by atoms with Gasteiger partial charge >= 0.3 is 0 Å². The number of benzene rings is 1. The van der Waals surface area contributed by atoms with Crippen molar-refractivity contribution >= 4 is 35.2 Å². The molecule has 0 aliphatic heterocycles. The van der Waals surface area contributed by atoms with E-state index in [2.05, 4.69) is 10.6 Å². The van der Waals surface area contributed by atoms with Crippen LogP contribution in [0.1, 0.15) is 12.5 Å². The molecule has 6 heteroatoms. The number of rotatable bonds is 7. The van der Waals surface area contributed by atoms with E-state index in [4.69, 9.17) is 11.6 Å². The highest BCUT2D eigenvalue weighted by molar-refractivity contribution is 7.99. The number of hydrogen-bond acceptors (Lipinski definition) is 3. The normalized spacial score (nSPS) is 10.0. The summed E-state index contributed by atoms with van der Waals surface area (Å²) in [5.74, 6) is 1.02. The summed E-state index contributed by atoms with van der Waals surface area (Å²) in [6.45, 7) is 2.36. The predicted octanol–water partition coefficient (Wildman–Crippen LogP) is 1.83. The van der Waals surface area contributed by atoms with Crippen molar-refractivity contribution in [2.75, 3.05) is 18.8 Å². The lowest BCUT2D eigenvalue weighted by atomic mass is 10.2. The van der Waals surface area contributed by atoms with Crippen molar-refractivity contribution in [2.45, 2.75) is 12.7 Å². The number of amides is 2. The Bertz CT molecular complexity index is 440. The van der Waals surface area contributed by atoms with Crippen LogP contribution in [-0.4, -0.2) is 30.7 Å². The fourth-order valence-electron chi connectivity index (χ4n) is 1.38. The van der Waals surface area contributed by atoms with E-state index in [0.29, 0.717) is 23.9 Å². The lowest BCUT2D eigenvalue weighted by Gasteiger charge is -2.06. The highest BCUT2D eigenvalue weighted by Crippen LogP contribution is 2.16. The van der Waals surface area contributed by atoms with Gasteiger partial charge in [-0.25, -0.2) is 0 Å². The number of carbonyl (C=O) groups excluding carboxylic acids is 2. The molecule has 4 nitrogen and oxygen atoms in total. The molecule has 0 saturated heterocycles. The first-order chi connectivity index (χ1) is 9.08. The average molecular weight is 301 g/mol. The largest absolute Gasteiger partial charge is 0.355 e. The van der Waals surface area contributed by atoms with Crippen LogP contribution >= 0.6 is 23.4 Å². The van der Waals surface area contributed by atoms with Crippen LogP contribution in [-0.2, 0) is 15.3 Å². The third kappa shape index (κ3) is 7.74. The Kier molecular flexibility index (Phi) is 7.36. The number of halogens is 1. The van der Waals surface area contributed by atoms with Crippen LogP contribution in [0.25, 0.3) is 0 Å². The van der Waals surface area contributed by atoms with Crippen LogP contribution in [0.2, 0.25) is 5.02 Å². The van der Waals surface area contributed by atoms with E-state index in [9.17, 15) is 9.59 Å². The first-order valence-electron chi connectivity index (χ1n) is 5.91. The third-order valence-electron chi connectivity index (χ3n) is 2.21. The Balaban J connectivity index is 2.12. The summed E-state index contributed by atoms with van der Waals surface area (Å²) in [7, 11) is 0. The molecule has 0 aromatic heterocycles. The van der Waals surface area contributed by atoms with Crippen LogP contribution < -0.4 is 10.6 Å². The minimum atomic E-state index is -0.0930. The fourth-order valence-corrected chi connectivity index (χ4v) is 2.40. The van der Waals surface area contributed by atoms with E-state index >= 15 is 0 Å². The van der Waals surface area contributed by atoms with Gasteiger partial charge in [0.1, 0.15) is 0 Å². The number of carbonyl (C=O) groups is 2. The Labute approximate surface area is 122 Å². The van der Waals surface area contributed by atoms with E-state index in [-0.39, 0.29) is 11.8 Å². The van der Waals surface area contributed by atoms with E-state index in [0.717, 1.165) is 11.3 Å². The van der Waals surface area contributed by atoms with E-state index < -0.39 is 0 Å².